The molecule has 2 nitrogen and oxygen atoms in total. The molecule has 0 amide bonds. The lowest BCUT2D eigenvalue weighted by Crippen LogP contribution is -2.57. The SMILES string of the molecule is C#CC1(O)CC[C@H]2[C@@H]3CCC4CC(C)(O)CC[C@]4(C)[C@@H]3CC[C@@]21C. The quantitative estimate of drug-likeness (QED) is 0.655. The lowest BCUT2D eigenvalue weighted by molar-refractivity contribution is -0.158. The maximum atomic E-state index is 11.0. The first-order valence-corrected chi connectivity index (χ1v) is 10.1. The van der Waals surface area contributed by atoms with Crippen molar-refractivity contribution in [3.8, 4) is 12.3 Å². The van der Waals surface area contributed by atoms with Gasteiger partial charge in [-0.2, -0.15) is 0 Å². The monoisotopic (exact) mass is 330 g/mol. The molecule has 0 aromatic heterocycles. The van der Waals surface area contributed by atoms with Gasteiger partial charge in [-0.05, 0) is 93.8 Å². The third-order valence-electron chi connectivity index (χ3n) is 9.34. The molecule has 4 aliphatic carbocycles. The van der Waals surface area contributed by atoms with E-state index in [1.807, 2.05) is 6.92 Å². The van der Waals surface area contributed by atoms with Gasteiger partial charge in [0, 0.05) is 5.41 Å². The Labute approximate surface area is 147 Å². The summed E-state index contributed by atoms with van der Waals surface area (Å²) in [6, 6.07) is 0. The average Bonchev–Trinajstić information content (AvgIpc) is 2.80. The fraction of sp³-hybridized carbons (Fsp3) is 0.909. The van der Waals surface area contributed by atoms with Crippen LogP contribution in [0.1, 0.15) is 78.6 Å². The molecular weight excluding hydrogens is 296 g/mol. The number of aliphatic hydroxyl groups is 2. The van der Waals surface area contributed by atoms with Crippen molar-refractivity contribution in [2.45, 2.75) is 89.8 Å². The molecule has 24 heavy (non-hydrogen) atoms. The van der Waals surface area contributed by atoms with Crippen molar-refractivity contribution >= 4 is 0 Å². The van der Waals surface area contributed by atoms with Gasteiger partial charge in [-0.3, -0.25) is 0 Å². The molecule has 2 N–H and O–H groups in total. The van der Waals surface area contributed by atoms with Gasteiger partial charge in [0.25, 0.3) is 0 Å². The molecule has 2 heteroatoms. The van der Waals surface area contributed by atoms with Gasteiger partial charge in [0.15, 0.2) is 0 Å². The van der Waals surface area contributed by atoms with Gasteiger partial charge in [-0.25, -0.2) is 0 Å². The van der Waals surface area contributed by atoms with E-state index >= 15 is 0 Å². The Balaban J connectivity index is 1.64. The highest BCUT2D eigenvalue weighted by molar-refractivity contribution is 5.23. The van der Waals surface area contributed by atoms with Crippen molar-refractivity contribution in [2.75, 3.05) is 0 Å². The van der Waals surface area contributed by atoms with Gasteiger partial charge in [0.2, 0.25) is 0 Å². The van der Waals surface area contributed by atoms with Crippen LogP contribution in [0.3, 0.4) is 0 Å². The first-order valence-electron chi connectivity index (χ1n) is 10.1. The predicted molar refractivity (Wildman–Crippen MR) is 96.1 cm³/mol. The van der Waals surface area contributed by atoms with E-state index < -0.39 is 11.2 Å². The highest BCUT2D eigenvalue weighted by atomic mass is 16.3. The molecule has 0 aliphatic heterocycles. The normalized spacial score (nSPS) is 59.8. The topological polar surface area (TPSA) is 40.5 Å². The molecule has 4 rings (SSSR count). The molecule has 134 valence electrons. The summed E-state index contributed by atoms with van der Waals surface area (Å²) in [6.45, 7) is 6.80. The first-order chi connectivity index (χ1) is 11.2. The molecule has 4 saturated carbocycles. The Morgan fingerprint density at radius 3 is 2.29 bits per heavy atom. The van der Waals surface area contributed by atoms with E-state index in [4.69, 9.17) is 6.42 Å². The zero-order chi connectivity index (χ0) is 17.4. The van der Waals surface area contributed by atoms with Crippen molar-refractivity contribution in [3.05, 3.63) is 0 Å². The zero-order valence-electron chi connectivity index (χ0n) is 15.6. The van der Waals surface area contributed by atoms with E-state index in [9.17, 15) is 10.2 Å². The van der Waals surface area contributed by atoms with Gasteiger partial charge < -0.3 is 10.2 Å². The second-order valence-electron chi connectivity index (χ2n) is 10.4. The minimum atomic E-state index is -0.892. The summed E-state index contributed by atoms with van der Waals surface area (Å²) in [5.74, 6) is 5.50. The number of hydrogen-bond donors (Lipinski definition) is 2. The fourth-order valence-corrected chi connectivity index (χ4v) is 7.68. The summed E-state index contributed by atoms with van der Waals surface area (Å²) in [4.78, 5) is 0. The van der Waals surface area contributed by atoms with Crippen LogP contribution in [-0.4, -0.2) is 21.4 Å². The van der Waals surface area contributed by atoms with E-state index in [2.05, 4.69) is 19.8 Å². The Bertz CT molecular complexity index is 575. The molecule has 4 fully saturated rings. The predicted octanol–water partition coefficient (Wildman–Crippen LogP) is 4.14. The maximum Gasteiger partial charge on any atom is 0.130 e. The highest BCUT2D eigenvalue weighted by Crippen LogP contribution is 2.68. The van der Waals surface area contributed by atoms with E-state index in [0.29, 0.717) is 17.3 Å². The van der Waals surface area contributed by atoms with Crippen molar-refractivity contribution in [1.29, 1.82) is 0 Å². The second-order valence-corrected chi connectivity index (χ2v) is 10.4. The van der Waals surface area contributed by atoms with Gasteiger partial charge in [0.1, 0.15) is 5.60 Å². The third kappa shape index (κ3) is 2.04. The summed E-state index contributed by atoms with van der Waals surface area (Å²) < 4.78 is 0. The zero-order valence-corrected chi connectivity index (χ0v) is 15.6. The molecule has 0 radical (unpaired) electrons. The summed E-state index contributed by atoms with van der Waals surface area (Å²) in [5, 5.41) is 21.6. The maximum absolute atomic E-state index is 11.0. The Hall–Kier alpha value is -0.520. The van der Waals surface area contributed by atoms with Crippen LogP contribution < -0.4 is 0 Å². The van der Waals surface area contributed by atoms with Crippen molar-refractivity contribution < 1.29 is 10.2 Å². The second kappa shape index (κ2) is 5.01. The van der Waals surface area contributed by atoms with Crippen LogP contribution in [0.5, 0.6) is 0 Å². The molecular formula is C22H34O2. The summed E-state index contributed by atoms with van der Waals surface area (Å²) in [7, 11) is 0. The summed E-state index contributed by atoms with van der Waals surface area (Å²) in [5.41, 5.74) is -1.07. The largest absolute Gasteiger partial charge is 0.390 e. The molecule has 0 saturated heterocycles. The average molecular weight is 331 g/mol. The van der Waals surface area contributed by atoms with Crippen molar-refractivity contribution in [1.82, 2.24) is 0 Å². The molecule has 0 bridgehead atoms. The van der Waals surface area contributed by atoms with Crippen LogP contribution in [0.2, 0.25) is 0 Å². The molecule has 0 aromatic carbocycles. The summed E-state index contributed by atoms with van der Waals surface area (Å²) in [6.07, 6.45) is 15.5. The van der Waals surface area contributed by atoms with Crippen LogP contribution in [0.4, 0.5) is 0 Å². The van der Waals surface area contributed by atoms with Crippen molar-refractivity contribution in [3.63, 3.8) is 0 Å². The van der Waals surface area contributed by atoms with Gasteiger partial charge in [0.05, 0.1) is 5.60 Å². The van der Waals surface area contributed by atoms with E-state index in [1.165, 1.54) is 19.3 Å². The van der Waals surface area contributed by atoms with E-state index in [-0.39, 0.29) is 5.41 Å². The van der Waals surface area contributed by atoms with E-state index in [1.54, 1.807) is 0 Å². The van der Waals surface area contributed by atoms with Gasteiger partial charge in [-0.1, -0.05) is 19.8 Å². The fourth-order valence-electron chi connectivity index (χ4n) is 7.68. The number of terminal acetylenes is 1. The Morgan fingerprint density at radius 2 is 1.58 bits per heavy atom. The van der Waals surface area contributed by atoms with E-state index in [0.717, 1.165) is 50.4 Å². The number of rotatable bonds is 0. The lowest BCUT2D eigenvalue weighted by Gasteiger charge is -2.62. The number of hydrogen-bond acceptors (Lipinski definition) is 2. The molecule has 0 aromatic rings. The van der Waals surface area contributed by atoms with Crippen LogP contribution >= 0.6 is 0 Å². The Morgan fingerprint density at radius 1 is 0.875 bits per heavy atom. The highest BCUT2D eigenvalue weighted by Gasteiger charge is 2.64. The van der Waals surface area contributed by atoms with Crippen LogP contribution in [0, 0.1) is 46.8 Å². The van der Waals surface area contributed by atoms with Crippen LogP contribution in [0.25, 0.3) is 0 Å². The number of fused-ring (bicyclic) bond motifs is 5. The van der Waals surface area contributed by atoms with Gasteiger partial charge in [-0.15, -0.1) is 6.42 Å². The smallest absolute Gasteiger partial charge is 0.130 e. The summed E-state index contributed by atoms with van der Waals surface area (Å²) >= 11 is 0. The molecule has 0 spiro atoms. The minimum absolute atomic E-state index is 0.0910. The molecule has 4 aliphatic rings. The molecule has 0 heterocycles. The van der Waals surface area contributed by atoms with Crippen molar-refractivity contribution in [2.24, 2.45) is 34.5 Å². The minimum Gasteiger partial charge on any atom is -0.390 e. The first kappa shape index (κ1) is 16.9. The van der Waals surface area contributed by atoms with Crippen LogP contribution in [0.15, 0.2) is 0 Å². The molecule has 8 atom stereocenters. The standard InChI is InChI=1S/C22H34O2/c1-5-22(24)11-9-18-16-7-6-15-14-19(2,23)12-13-20(15,3)17(16)8-10-21(18,22)4/h1,15-18,23-24H,6-14H2,2-4H3/t15?,16-,17-,18+,19?,20+,21+,22?/m1/s1. The molecule has 3 unspecified atom stereocenters. The Kier molecular flexibility index (Phi) is 3.54. The van der Waals surface area contributed by atoms with Crippen LogP contribution in [-0.2, 0) is 0 Å². The van der Waals surface area contributed by atoms with Gasteiger partial charge >= 0.3 is 0 Å². The lowest BCUT2D eigenvalue weighted by atomic mass is 9.43. The third-order valence-corrected chi connectivity index (χ3v) is 9.34.